The van der Waals surface area contributed by atoms with E-state index in [1.54, 1.807) is 24.3 Å². The minimum absolute atomic E-state index is 0.379. The van der Waals surface area contributed by atoms with Crippen molar-refractivity contribution in [2.45, 2.75) is 13.0 Å². The number of carbonyl (C=O) groups is 1. The molecule has 1 atom stereocenters. The summed E-state index contributed by atoms with van der Waals surface area (Å²) in [6.07, 6.45) is 1.06. The third-order valence-electron chi connectivity index (χ3n) is 2.42. The molecule has 0 bridgehead atoms. The second kappa shape index (κ2) is 5.58. The van der Waals surface area contributed by atoms with Crippen LogP contribution in [0.2, 0.25) is 5.02 Å². The van der Waals surface area contributed by atoms with Gasteiger partial charge in [0.05, 0.1) is 11.9 Å². The van der Waals surface area contributed by atoms with Crippen LogP contribution in [0.4, 0.5) is 5.69 Å². The lowest BCUT2D eigenvalue weighted by molar-refractivity contribution is -0.121. The zero-order valence-electron chi connectivity index (χ0n) is 10.3. The fraction of sp³-hybridized carbons (Fsp3) is 0.364. The first kappa shape index (κ1) is 14.8. The summed E-state index contributed by atoms with van der Waals surface area (Å²) in [5, 5.41) is 2.93. The van der Waals surface area contributed by atoms with Gasteiger partial charge in [-0.3, -0.25) is 9.10 Å². The van der Waals surface area contributed by atoms with Gasteiger partial charge in [-0.15, -0.1) is 0 Å². The van der Waals surface area contributed by atoms with E-state index in [0.29, 0.717) is 10.7 Å². The number of anilines is 1. The zero-order valence-corrected chi connectivity index (χ0v) is 11.9. The molecule has 0 aliphatic rings. The van der Waals surface area contributed by atoms with Crippen LogP contribution in [0.5, 0.6) is 0 Å². The van der Waals surface area contributed by atoms with E-state index >= 15 is 0 Å². The molecule has 1 aromatic carbocycles. The second-order valence-electron chi connectivity index (χ2n) is 3.83. The molecule has 0 fully saturated rings. The molecule has 100 valence electrons. The lowest BCUT2D eigenvalue weighted by atomic mass is 10.2. The van der Waals surface area contributed by atoms with Crippen LogP contribution in [0.25, 0.3) is 0 Å². The monoisotopic (exact) mass is 290 g/mol. The Labute approximate surface area is 112 Å². The Morgan fingerprint density at radius 3 is 2.22 bits per heavy atom. The second-order valence-corrected chi connectivity index (χ2v) is 6.12. The number of amides is 1. The predicted molar refractivity (Wildman–Crippen MR) is 72.3 cm³/mol. The van der Waals surface area contributed by atoms with Crippen LogP contribution in [0.3, 0.4) is 0 Å². The van der Waals surface area contributed by atoms with Crippen molar-refractivity contribution in [3.05, 3.63) is 29.3 Å². The highest BCUT2D eigenvalue weighted by Crippen LogP contribution is 2.22. The van der Waals surface area contributed by atoms with Crippen molar-refractivity contribution in [2.75, 3.05) is 17.6 Å². The van der Waals surface area contributed by atoms with Gasteiger partial charge in [-0.2, -0.15) is 0 Å². The lowest BCUT2D eigenvalue weighted by Gasteiger charge is -2.27. The van der Waals surface area contributed by atoms with Crippen LogP contribution >= 0.6 is 11.6 Å². The van der Waals surface area contributed by atoms with E-state index in [0.717, 1.165) is 10.6 Å². The van der Waals surface area contributed by atoms with Gasteiger partial charge in [0.1, 0.15) is 6.04 Å². The van der Waals surface area contributed by atoms with Crippen LogP contribution < -0.4 is 9.62 Å². The summed E-state index contributed by atoms with van der Waals surface area (Å²) in [5.74, 6) is -0.379. The summed E-state index contributed by atoms with van der Waals surface area (Å²) >= 11 is 5.75. The zero-order chi connectivity index (χ0) is 13.9. The molecular formula is C11H15ClN2O3S. The van der Waals surface area contributed by atoms with Crippen molar-refractivity contribution >= 4 is 33.2 Å². The van der Waals surface area contributed by atoms with Crippen molar-refractivity contribution < 1.29 is 13.2 Å². The average molecular weight is 291 g/mol. The molecule has 0 radical (unpaired) electrons. The molecule has 0 aromatic heterocycles. The van der Waals surface area contributed by atoms with E-state index in [2.05, 4.69) is 5.32 Å². The molecule has 0 heterocycles. The summed E-state index contributed by atoms with van der Waals surface area (Å²) in [5.41, 5.74) is 0.401. The molecule has 1 N–H and O–H groups in total. The third kappa shape index (κ3) is 3.36. The Balaban J connectivity index is 3.23. The number of sulfonamides is 1. The van der Waals surface area contributed by atoms with Gasteiger partial charge in [-0.05, 0) is 31.2 Å². The standard InChI is InChI=1S/C11H15ClN2O3S/c1-8(11(15)13-2)14(18(3,16)17)10-6-4-9(12)5-7-10/h4-8H,1-3H3,(H,13,15)/t8-/m0/s1. The third-order valence-corrected chi connectivity index (χ3v) is 3.91. The molecule has 0 spiro atoms. The summed E-state index contributed by atoms with van der Waals surface area (Å²) in [4.78, 5) is 11.6. The van der Waals surface area contributed by atoms with Gasteiger partial charge in [-0.25, -0.2) is 8.42 Å². The van der Waals surface area contributed by atoms with E-state index in [4.69, 9.17) is 11.6 Å². The van der Waals surface area contributed by atoms with E-state index in [9.17, 15) is 13.2 Å². The number of benzene rings is 1. The van der Waals surface area contributed by atoms with Crippen molar-refractivity contribution in [1.29, 1.82) is 0 Å². The van der Waals surface area contributed by atoms with Crippen LogP contribution in [0, 0.1) is 0 Å². The van der Waals surface area contributed by atoms with E-state index in [1.807, 2.05) is 0 Å². The Kier molecular flexibility index (Phi) is 4.59. The van der Waals surface area contributed by atoms with Crippen LogP contribution in [0.1, 0.15) is 6.92 Å². The number of halogens is 1. The summed E-state index contributed by atoms with van der Waals surface area (Å²) < 4.78 is 24.6. The highest BCUT2D eigenvalue weighted by molar-refractivity contribution is 7.92. The molecule has 0 aliphatic carbocycles. The molecule has 0 aliphatic heterocycles. The predicted octanol–water partition coefficient (Wildman–Crippen LogP) is 1.24. The smallest absolute Gasteiger partial charge is 0.243 e. The topological polar surface area (TPSA) is 66.5 Å². The number of nitrogens with one attached hydrogen (secondary N) is 1. The normalized spacial score (nSPS) is 12.9. The van der Waals surface area contributed by atoms with Gasteiger partial charge in [0.15, 0.2) is 0 Å². The Hall–Kier alpha value is -1.27. The number of nitrogens with zero attached hydrogens (tertiary/aromatic N) is 1. The Morgan fingerprint density at radius 2 is 1.83 bits per heavy atom. The molecule has 1 aromatic rings. The number of carbonyl (C=O) groups excluding carboxylic acids is 1. The molecule has 5 nitrogen and oxygen atoms in total. The van der Waals surface area contributed by atoms with Crippen LogP contribution in [-0.2, 0) is 14.8 Å². The van der Waals surface area contributed by atoms with E-state index in [-0.39, 0.29) is 5.91 Å². The van der Waals surface area contributed by atoms with Crippen molar-refractivity contribution in [2.24, 2.45) is 0 Å². The molecule has 0 unspecified atom stereocenters. The molecule has 1 rings (SSSR count). The summed E-state index contributed by atoms with van der Waals surface area (Å²) in [7, 11) is -2.10. The van der Waals surface area contributed by atoms with Gasteiger partial charge in [0, 0.05) is 12.1 Å². The number of hydrogen-bond acceptors (Lipinski definition) is 3. The van der Waals surface area contributed by atoms with Crippen molar-refractivity contribution in [3.63, 3.8) is 0 Å². The Morgan fingerprint density at radius 1 is 1.33 bits per heavy atom. The lowest BCUT2D eigenvalue weighted by Crippen LogP contribution is -2.46. The maximum absolute atomic E-state index is 11.8. The van der Waals surface area contributed by atoms with Crippen molar-refractivity contribution in [3.8, 4) is 0 Å². The molecule has 7 heteroatoms. The number of likely N-dealkylation sites (N-methyl/N-ethyl adjacent to an activating group) is 1. The Bertz CT molecular complexity index is 528. The highest BCUT2D eigenvalue weighted by atomic mass is 35.5. The average Bonchev–Trinajstić information content (AvgIpc) is 2.29. The molecule has 0 saturated heterocycles. The van der Waals surface area contributed by atoms with Gasteiger partial charge in [-0.1, -0.05) is 11.6 Å². The van der Waals surface area contributed by atoms with Gasteiger partial charge < -0.3 is 5.32 Å². The number of rotatable bonds is 4. The maximum Gasteiger partial charge on any atom is 0.243 e. The summed E-state index contributed by atoms with van der Waals surface area (Å²) in [6, 6.07) is 5.44. The molecular weight excluding hydrogens is 276 g/mol. The first-order valence-electron chi connectivity index (χ1n) is 5.24. The molecule has 0 saturated carbocycles. The minimum atomic E-state index is -3.56. The fourth-order valence-electron chi connectivity index (χ4n) is 1.61. The molecule has 1 amide bonds. The summed E-state index contributed by atoms with van der Waals surface area (Å²) in [6.45, 7) is 1.52. The first-order valence-corrected chi connectivity index (χ1v) is 7.46. The van der Waals surface area contributed by atoms with Gasteiger partial charge in [0.25, 0.3) is 0 Å². The molecule has 18 heavy (non-hydrogen) atoms. The number of hydrogen-bond donors (Lipinski definition) is 1. The highest BCUT2D eigenvalue weighted by Gasteiger charge is 2.28. The quantitative estimate of drug-likeness (QED) is 0.907. The van der Waals surface area contributed by atoms with Crippen LogP contribution in [0.15, 0.2) is 24.3 Å². The fourth-order valence-corrected chi connectivity index (χ4v) is 2.91. The van der Waals surface area contributed by atoms with Crippen LogP contribution in [-0.4, -0.2) is 33.7 Å². The first-order chi connectivity index (χ1) is 8.27. The van der Waals surface area contributed by atoms with E-state index in [1.165, 1.54) is 14.0 Å². The largest absolute Gasteiger partial charge is 0.357 e. The van der Waals surface area contributed by atoms with Gasteiger partial charge >= 0.3 is 0 Å². The SMILES string of the molecule is CNC(=O)[C@H](C)N(c1ccc(Cl)cc1)S(C)(=O)=O. The van der Waals surface area contributed by atoms with Crippen molar-refractivity contribution in [1.82, 2.24) is 5.32 Å². The minimum Gasteiger partial charge on any atom is -0.357 e. The maximum atomic E-state index is 11.8. The van der Waals surface area contributed by atoms with E-state index < -0.39 is 16.1 Å². The van der Waals surface area contributed by atoms with Gasteiger partial charge in [0.2, 0.25) is 15.9 Å².